The van der Waals surface area contributed by atoms with Crippen molar-refractivity contribution >= 4 is 0 Å². The number of halogens is 3. The van der Waals surface area contributed by atoms with Gasteiger partial charge in [0.1, 0.15) is 5.69 Å². The van der Waals surface area contributed by atoms with Gasteiger partial charge in [0, 0.05) is 6.07 Å². The van der Waals surface area contributed by atoms with Crippen LogP contribution in [0.5, 0.6) is 5.88 Å². The van der Waals surface area contributed by atoms with Crippen molar-refractivity contribution in [2.45, 2.75) is 6.18 Å². The third-order valence-electron chi connectivity index (χ3n) is 1.43. The smallest absolute Gasteiger partial charge is 0.433 e. The highest BCUT2D eigenvalue weighted by Crippen LogP contribution is 2.29. The van der Waals surface area contributed by atoms with Crippen LogP contribution in [0.1, 0.15) is 11.3 Å². The molecule has 0 bridgehead atoms. The molecule has 0 saturated carbocycles. The molecule has 0 N–H and O–H groups in total. The molecule has 1 heterocycles. The third-order valence-corrected chi connectivity index (χ3v) is 1.43. The maximum atomic E-state index is 12.2. The van der Waals surface area contributed by atoms with Crippen molar-refractivity contribution in [3.63, 3.8) is 0 Å². The number of hydrogen-bond acceptors (Lipinski definition) is 3. The van der Waals surface area contributed by atoms with E-state index < -0.39 is 11.9 Å². The van der Waals surface area contributed by atoms with Gasteiger partial charge in [-0.3, -0.25) is 0 Å². The average molecular weight is 202 g/mol. The van der Waals surface area contributed by atoms with Gasteiger partial charge >= 0.3 is 6.18 Å². The predicted octanol–water partition coefficient (Wildman–Crippen LogP) is 1.98. The van der Waals surface area contributed by atoms with Crippen molar-refractivity contribution in [2.75, 3.05) is 7.11 Å². The Bertz CT molecular complexity index is 381. The van der Waals surface area contributed by atoms with Gasteiger partial charge in [0.05, 0.1) is 18.7 Å². The summed E-state index contributed by atoms with van der Waals surface area (Å²) >= 11 is 0. The Morgan fingerprint density at radius 2 is 2.07 bits per heavy atom. The third kappa shape index (κ3) is 2.13. The van der Waals surface area contributed by atoms with Gasteiger partial charge in [0.2, 0.25) is 5.88 Å². The first-order valence-electron chi connectivity index (χ1n) is 3.50. The number of hydrogen-bond donors (Lipinski definition) is 0. The summed E-state index contributed by atoms with van der Waals surface area (Å²) in [7, 11) is 1.18. The molecule has 0 aliphatic carbocycles. The molecule has 0 aliphatic heterocycles. The molecule has 0 saturated heterocycles. The first kappa shape index (κ1) is 10.3. The van der Waals surface area contributed by atoms with Crippen LogP contribution in [0.3, 0.4) is 0 Å². The minimum absolute atomic E-state index is 0.135. The molecule has 74 valence electrons. The Morgan fingerprint density at radius 1 is 1.43 bits per heavy atom. The second-order valence-electron chi connectivity index (χ2n) is 2.39. The average Bonchev–Trinajstić information content (AvgIpc) is 2.15. The van der Waals surface area contributed by atoms with E-state index in [9.17, 15) is 13.2 Å². The molecular weight excluding hydrogens is 197 g/mol. The van der Waals surface area contributed by atoms with E-state index in [0.717, 1.165) is 6.07 Å². The minimum Gasteiger partial charge on any atom is -0.481 e. The molecule has 14 heavy (non-hydrogen) atoms. The second-order valence-corrected chi connectivity index (χ2v) is 2.39. The molecule has 1 rings (SSSR count). The topological polar surface area (TPSA) is 45.9 Å². The molecule has 6 heteroatoms. The van der Waals surface area contributed by atoms with Gasteiger partial charge in [0.15, 0.2) is 0 Å². The summed E-state index contributed by atoms with van der Waals surface area (Å²) in [4.78, 5) is 3.17. The van der Waals surface area contributed by atoms with Crippen molar-refractivity contribution in [1.82, 2.24) is 4.98 Å². The standard InChI is InChI=1S/C8H5F3N2O/c1-14-7-3-5(4-12)2-6(13-7)8(9,10)11/h2-3H,1H3. The van der Waals surface area contributed by atoms with Gasteiger partial charge < -0.3 is 4.74 Å². The monoisotopic (exact) mass is 202 g/mol. The van der Waals surface area contributed by atoms with Crippen LogP contribution in [-0.4, -0.2) is 12.1 Å². The lowest BCUT2D eigenvalue weighted by Crippen LogP contribution is -2.09. The first-order valence-corrected chi connectivity index (χ1v) is 3.50. The van der Waals surface area contributed by atoms with Gasteiger partial charge in [-0.1, -0.05) is 0 Å². The fraction of sp³-hybridized carbons (Fsp3) is 0.250. The van der Waals surface area contributed by atoms with Crippen molar-refractivity contribution in [1.29, 1.82) is 5.26 Å². The molecule has 0 amide bonds. The van der Waals surface area contributed by atoms with E-state index in [1.165, 1.54) is 7.11 Å². The number of rotatable bonds is 1. The summed E-state index contributed by atoms with van der Waals surface area (Å²) in [6.45, 7) is 0. The highest BCUT2D eigenvalue weighted by molar-refractivity contribution is 5.35. The zero-order valence-electron chi connectivity index (χ0n) is 7.09. The number of methoxy groups -OCH3 is 1. The molecular formula is C8H5F3N2O. The quantitative estimate of drug-likeness (QED) is 0.699. The molecule has 1 aromatic heterocycles. The maximum absolute atomic E-state index is 12.2. The van der Waals surface area contributed by atoms with Gasteiger partial charge in [0.25, 0.3) is 0 Å². The number of nitriles is 1. The van der Waals surface area contributed by atoms with Gasteiger partial charge in [-0.05, 0) is 6.07 Å². The van der Waals surface area contributed by atoms with E-state index in [1.807, 2.05) is 0 Å². The summed E-state index contributed by atoms with van der Waals surface area (Å²) < 4.78 is 41.1. The minimum atomic E-state index is -4.57. The lowest BCUT2D eigenvalue weighted by Gasteiger charge is -2.07. The number of nitrogens with zero attached hydrogens (tertiary/aromatic N) is 2. The van der Waals surface area contributed by atoms with Crippen LogP contribution in [0.4, 0.5) is 13.2 Å². The SMILES string of the molecule is COc1cc(C#N)cc(C(F)(F)F)n1. The van der Waals surface area contributed by atoms with Crippen LogP contribution < -0.4 is 4.74 Å². The second kappa shape index (κ2) is 3.54. The van der Waals surface area contributed by atoms with Crippen LogP contribution in [-0.2, 0) is 6.18 Å². The molecule has 0 aromatic carbocycles. The summed E-state index contributed by atoms with van der Waals surface area (Å²) in [6, 6.07) is 3.40. The highest BCUT2D eigenvalue weighted by Gasteiger charge is 2.33. The molecule has 1 aromatic rings. The van der Waals surface area contributed by atoms with Crippen LogP contribution in [0.15, 0.2) is 12.1 Å². The number of pyridine rings is 1. The van der Waals surface area contributed by atoms with Crippen molar-refractivity contribution in [3.8, 4) is 11.9 Å². The zero-order chi connectivity index (χ0) is 10.8. The Morgan fingerprint density at radius 3 is 2.50 bits per heavy atom. The largest absolute Gasteiger partial charge is 0.481 e. The number of alkyl halides is 3. The molecule has 0 atom stereocenters. The van der Waals surface area contributed by atoms with Crippen LogP contribution in [0.25, 0.3) is 0 Å². The summed E-state index contributed by atoms with van der Waals surface area (Å²) in [5.74, 6) is -0.226. The van der Waals surface area contributed by atoms with Gasteiger partial charge in [-0.25, -0.2) is 4.98 Å². The van der Waals surface area contributed by atoms with Crippen LogP contribution in [0, 0.1) is 11.3 Å². The normalized spacial score (nSPS) is 10.8. The van der Waals surface area contributed by atoms with E-state index in [1.54, 1.807) is 6.07 Å². The number of aromatic nitrogens is 1. The van der Waals surface area contributed by atoms with E-state index in [0.29, 0.717) is 6.07 Å². The fourth-order valence-corrected chi connectivity index (χ4v) is 0.820. The van der Waals surface area contributed by atoms with E-state index in [2.05, 4.69) is 9.72 Å². The first-order chi connectivity index (χ1) is 6.47. The highest BCUT2D eigenvalue weighted by atomic mass is 19.4. The molecule has 0 spiro atoms. The summed E-state index contributed by atoms with van der Waals surface area (Å²) in [5.41, 5.74) is -1.27. The lowest BCUT2D eigenvalue weighted by atomic mass is 10.2. The van der Waals surface area contributed by atoms with Crippen molar-refractivity contribution in [3.05, 3.63) is 23.4 Å². The van der Waals surface area contributed by atoms with Gasteiger partial charge in [-0.2, -0.15) is 18.4 Å². The summed E-state index contributed by atoms with van der Waals surface area (Å²) in [5, 5.41) is 8.45. The van der Waals surface area contributed by atoms with Crippen molar-refractivity contribution < 1.29 is 17.9 Å². The molecule has 0 fully saturated rings. The van der Waals surface area contributed by atoms with E-state index in [4.69, 9.17) is 5.26 Å². The summed E-state index contributed by atoms with van der Waals surface area (Å²) in [6.07, 6.45) is -4.57. The van der Waals surface area contributed by atoms with Crippen LogP contribution in [0.2, 0.25) is 0 Å². The zero-order valence-corrected chi connectivity index (χ0v) is 7.09. The Hall–Kier alpha value is -1.77. The maximum Gasteiger partial charge on any atom is 0.433 e. The molecule has 0 radical (unpaired) electrons. The number of ether oxygens (including phenoxy) is 1. The Balaban J connectivity index is 3.26. The fourth-order valence-electron chi connectivity index (χ4n) is 0.820. The molecule has 0 aliphatic rings. The molecule has 3 nitrogen and oxygen atoms in total. The van der Waals surface area contributed by atoms with E-state index in [-0.39, 0.29) is 11.4 Å². The lowest BCUT2D eigenvalue weighted by molar-refractivity contribution is -0.141. The van der Waals surface area contributed by atoms with Crippen molar-refractivity contribution in [2.24, 2.45) is 0 Å². The van der Waals surface area contributed by atoms with Gasteiger partial charge in [-0.15, -0.1) is 0 Å². The van der Waals surface area contributed by atoms with Crippen LogP contribution >= 0.6 is 0 Å². The molecule has 0 unspecified atom stereocenters. The Labute approximate surface area is 77.7 Å². The predicted molar refractivity (Wildman–Crippen MR) is 40.5 cm³/mol. The Kier molecular flexibility index (Phi) is 2.60. The van der Waals surface area contributed by atoms with E-state index >= 15 is 0 Å².